The number of nitrogens with zero attached hydrogens (tertiary/aromatic N) is 2. The number of para-hydroxylation sites is 2. The van der Waals surface area contributed by atoms with E-state index in [-0.39, 0.29) is 13.0 Å². The molecular weight excluding hydrogens is 368 g/mol. The number of hydrogen-bond acceptors (Lipinski definition) is 4. The van der Waals surface area contributed by atoms with Gasteiger partial charge in [0.25, 0.3) is 5.91 Å². The summed E-state index contributed by atoms with van der Waals surface area (Å²) in [4.78, 5) is 27.6. The standard InChI is InChI=1S/C22H20N4O3/c1-15-19(18-9-5-6-10-20(18)24-15)11-22(28)29-14-21(27)25-16-12-23-26(13-16)17-7-3-2-4-8-17/h2-10,12-13,24H,11,14H2,1H3,(H,25,27). The number of esters is 1. The highest BCUT2D eigenvalue weighted by atomic mass is 16.5. The summed E-state index contributed by atoms with van der Waals surface area (Å²) in [5.74, 6) is -0.866. The lowest BCUT2D eigenvalue weighted by atomic mass is 10.1. The normalized spacial score (nSPS) is 10.8. The summed E-state index contributed by atoms with van der Waals surface area (Å²) < 4.78 is 6.81. The van der Waals surface area contributed by atoms with Gasteiger partial charge in [-0.1, -0.05) is 36.4 Å². The summed E-state index contributed by atoms with van der Waals surface area (Å²) in [5, 5.41) is 7.88. The van der Waals surface area contributed by atoms with E-state index in [1.165, 1.54) is 0 Å². The van der Waals surface area contributed by atoms with E-state index in [4.69, 9.17) is 4.74 Å². The predicted octanol–water partition coefficient (Wildman–Crippen LogP) is 3.39. The number of rotatable bonds is 6. The summed E-state index contributed by atoms with van der Waals surface area (Å²) in [5.41, 5.74) is 4.19. The van der Waals surface area contributed by atoms with Gasteiger partial charge in [0.1, 0.15) is 0 Å². The van der Waals surface area contributed by atoms with Gasteiger partial charge in [-0.25, -0.2) is 4.68 Å². The average Bonchev–Trinajstić information content (AvgIpc) is 3.32. The van der Waals surface area contributed by atoms with Gasteiger partial charge in [-0.2, -0.15) is 5.10 Å². The van der Waals surface area contributed by atoms with Gasteiger partial charge < -0.3 is 15.0 Å². The van der Waals surface area contributed by atoms with Crippen LogP contribution in [0.5, 0.6) is 0 Å². The van der Waals surface area contributed by atoms with Crippen LogP contribution < -0.4 is 5.32 Å². The number of carbonyl (C=O) groups is 2. The lowest BCUT2D eigenvalue weighted by Crippen LogP contribution is -2.21. The lowest BCUT2D eigenvalue weighted by molar-refractivity contribution is -0.146. The molecule has 0 spiro atoms. The van der Waals surface area contributed by atoms with Gasteiger partial charge in [0.2, 0.25) is 0 Å². The number of aromatic amines is 1. The molecule has 7 nitrogen and oxygen atoms in total. The summed E-state index contributed by atoms with van der Waals surface area (Å²) in [6, 6.07) is 17.3. The van der Waals surface area contributed by atoms with Crippen LogP contribution >= 0.6 is 0 Å². The van der Waals surface area contributed by atoms with Crippen LogP contribution in [-0.4, -0.2) is 33.2 Å². The van der Waals surface area contributed by atoms with Gasteiger partial charge in [0, 0.05) is 16.6 Å². The molecule has 0 atom stereocenters. The first-order valence-corrected chi connectivity index (χ1v) is 9.22. The van der Waals surface area contributed by atoms with Crippen LogP contribution in [0.1, 0.15) is 11.3 Å². The maximum absolute atomic E-state index is 12.2. The van der Waals surface area contributed by atoms with Crippen LogP contribution in [-0.2, 0) is 20.7 Å². The second kappa shape index (κ2) is 8.02. The Morgan fingerprint density at radius 3 is 2.69 bits per heavy atom. The molecule has 4 aromatic rings. The largest absolute Gasteiger partial charge is 0.455 e. The fraction of sp³-hybridized carbons (Fsp3) is 0.136. The molecule has 29 heavy (non-hydrogen) atoms. The molecule has 7 heteroatoms. The third-order valence-corrected chi connectivity index (χ3v) is 4.60. The number of fused-ring (bicyclic) bond motifs is 1. The summed E-state index contributed by atoms with van der Waals surface area (Å²) >= 11 is 0. The maximum atomic E-state index is 12.2. The number of benzene rings is 2. The zero-order chi connectivity index (χ0) is 20.2. The van der Waals surface area contributed by atoms with Crippen molar-refractivity contribution < 1.29 is 14.3 Å². The Balaban J connectivity index is 1.32. The third-order valence-electron chi connectivity index (χ3n) is 4.60. The number of ether oxygens (including phenoxy) is 1. The van der Waals surface area contributed by atoms with Crippen LogP contribution in [0, 0.1) is 6.92 Å². The maximum Gasteiger partial charge on any atom is 0.310 e. The Hall–Kier alpha value is -3.87. The van der Waals surface area contributed by atoms with E-state index in [0.29, 0.717) is 5.69 Å². The van der Waals surface area contributed by atoms with E-state index in [1.54, 1.807) is 17.1 Å². The number of H-pyrrole nitrogens is 1. The highest BCUT2D eigenvalue weighted by Gasteiger charge is 2.15. The minimum Gasteiger partial charge on any atom is -0.455 e. The second-order valence-electron chi connectivity index (χ2n) is 6.67. The lowest BCUT2D eigenvalue weighted by Gasteiger charge is -2.06. The number of aryl methyl sites for hydroxylation is 1. The molecule has 0 aliphatic heterocycles. The third kappa shape index (κ3) is 4.19. The molecule has 0 aliphatic carbocycles. The fourth-order valence-electron chi connectivity index (χ4n) is 3.21. The van der Waals surface area contributed by atoms with Crippen molar-refractivity contribution in [2.45, 2.75) is 13.3 Å². The monoisotopic (exact) mass is 388 g/mol. The Labute approximate surface area is 167 Å². The van der Waals surface area contributed by atoms with Crippen molar-refractivity contribution in [2.24, 2.45) is 0 Å². The zero-order valence-electron chi connectivity index (χ0n) is 15.9. The van der Waals surface area contributed by atoms with Crippen LogP contribution in [0.4, 0.5) is 5.69 Å². The van der Waals surface area contributed by atoms with Crippen LogP contribution in [0.3, 0.4) is 0 Å². The van der Waals surface area contributed by atoms with Crippen molar-refractivity contribution >= 4 is 28.5 Å². The number of anilines is 1. The minimum absolute atomic E-state index is 0.106. The van der Waals surface area contributed by atoms with Gasteiger partial charge in [-0.15, -0.1) is 0 Å². The van der Waals surface area contributed by atoms with Gasteiger partial charge in [0.05, 0.1) is 30.2 Å². The van der Waals surface area contributed by atoms with Crippen molar-refractivity contribution in [3.05, 3.63) is 78.2 Å². The molecule has 2 aromatic heterocycles. The van der Waals surface area contributed by atoms with E-state index in [0.717, 1.165) is 27.8 Å². The average molecular weight is 388 g/mol. The summed E-state index contributed by atoms with van der Waals surface area (Å²) in [7, 11) is 0. The van der Waals surface area contributed by atoms with Gasteiger partial charge in [-0.3, -0.25) is 9.59 Å². The molecule has 0 radical (unpaired) electrons. The summed E-state index contributed by atoms with van der Waals surface area (Å²) in [6.45, 7) is 1.57. The van der Waals surface area contributed by atoms with Crippen LogP contribution in [0.2, 0.25) is 0 Å². The van der Waals surface area contributed by atoms with Gasteiger partial charge >= 0.3 is 5.97 Å². The van der Waals surface area contributed by atoms with E-state index in [2.05, 4.69) is 15.4 Å². The number of hydrogen-bond donors (Lipinski definition) is 2. The van der Waals surface area contributed by atoms with Crippen LogP contribution in [0.25, 0.3) is 16.6 Å². The van der Waals surface area contributed by atoms with E-state index in [1.807, 2.05) is 61.5 Å². The van der Waals surface area contributed by atoms with Crippen molar-refractivity contribution in [3.8, 4) is 5.69 Å². The molecule has 146 valence electrons. The molecule has 0 aliphatic rings. The molecule has 1 amide bonds. The fourth-order valence-corrected chi connectivity index (χ4v) is 3.21. The molecule has 4 rings (SSSR count). The topological polar surface area (TPSA) is 89.0 Å². The highest BCUT2D eigenvalue weighted by Crippen LogP contribution is 2.22. The SMILES string of the molecule is Cc1[nH]c2ccccc2c1CC(=O)OCC(=O)Nc1cnn(-c2ccccc2)c1. The van der Waals surface area contributed by atoms with Crippen molar-refractivity contribution in [3.63, 3.8) is 0 Å². The van der Waals surface area contributed by atoms with Crippen molar-refractivity contribution in [1.29, 1.82) is 0 Å². The molecule has 2 N–H and O–H groups in total. The first-order chi connectivity index (χ1) is 14.1. The van der Waals surface area contributed by atoms with E-state index in [9.17, 15) is 9.59 Å². The Bertz CT molecular complexity index is 1160. The second-order valence-corrected chi connectivity index (χ2v) is 6.67. The first kappa shape index (κ1) is 18.5. The Morgan fingerprint density at radius 1 is 1.10 bits per heavy atom. The Morgan fingerprint density at radius 2 is 1.86 bits per heavy atom. The van der Waals surface area contributed by atoms with Crippen molar-refractivity contribution in [2.75, 3.05) is 11.9 Å². The number of aromatic nitrogens is 3. The van der Waals surface area contributed by atoms with Crippen molar-refractivity contribution in [1.82, 2.24) is 14.8 Å². The minimum atomic E-state index is -0.451. The molecule has 0 saturated heterocycles. The highest BCUT2D eigenvalue weighted by molar-refractivity contribution is 5.93. The quantitative estimate of drug-likeness (QED) is 0.496. The smallest absolute Gasteiger partial charge is 0.310 e. The molecule has 0 fully saturated rings. The number of amides is 1. The molecule has 0 saturated carbocycles. The zero-order valence-corrected chi connectivity index (χ0v) is 15.9. The summed E-state index contributed by atoms with van der Waals surface area (Å²) in [6.07, 6.45) is 3.35. The molecule has 2 heterocycles. The molecule has 0 unspecified atom stereocenters. The van der Waals surface area contributed by atoms with Gasteiger partial charge in [-0.05, 0) is 30.7 Å². The molecular formula is C22H20N4O3. The van der Waals surface area contributed by atoms with E-state index < -0.39 is 11.9 Å². The first-order valence-electron chi connectivity index (χ1n) is 9.22. The number of nitrogens with one attached hydrogen (secondary N) is 2. The molecule has 0 bridgehead atoms. The number of carbonyl (C=O) groups excluding carboxylic acids is 2. The van der Waals surface area contributed by atoms with E-state index >= 15 is 0 Å². The Kier molecular flexibility index (Phi) is 5.11. The molecule has 2 aromatic carbocycles. The van der Waals surface area contributed by atoms with Crippen LogP contribution in [0.15, 0.2) is 67.0 Å². The van der Waals surface area contributed by atoms with Gasteiger partial charge in [0.15, 0.2) is 6.61 Å². The predicted molar refractivity (Wildman–Crippen MR) is 110 cm³/mol.